The van der Waals surface area contributed by atoms with Crippen LogP contribution in [0.2, 0.25) is 0 Å². The minimum atomic E-state index is -0.227. The number of Topliss-reactive ketones (excluding diaryl/α,β-unsaturated/α-hetero) is 1. The molecule has 1 aromatic heterocycles. The lowest BCUT2D eigenvalue weighted by atomic mass is 9.85. The fraction of sp³-hybridized carbons (Fsp3) is 0.261. The lowest BCUT2D eigenvalue weighted by Gasteiger charge is -2.32. The van der Waals surface area contributed by atoms with Gasteiger partial charge in [0.2, 0.25) is 5.95 Å². The van der Waals surface area contributed by atoms with E-state index in [1.807, 2.05) is 35.0 Å². The molecule has 1 N–H and O–H groups in total. The van der Waals surface area contributed by atoms with Crippen LogP contribution < -0.4 is 5.32 Å². The SMILES string of the molecule is CCc1ccc(C2C3=C(CCCC3=O)Nc3nc(-c4ccccc4)nn32)cc1. The summed E-state index contributed by atoms with van der Waals surface area (Å²) in [5, 5.41) is 8.19. The van der Waals surface area contributed by atoms with Gasteiger partial charge >= 0.3 is 0 Å². The number of anilines is 1. The quantitative estimate of drug-likeness (QED) is 0.736. The first-order valence-electron chi connectivity index (χ1n) is 9.88. The molecule has 140 valence electrons. The van der Waals surface area contributed by atoms with E-state index in [0.717, 1.165) is 41.7 Å². The van der Waals surface area contributed by atoms with Gasteiger partial charge in [-0.05, 0) is 30.4 Å². The third kappa shape index (κ3) is 2.74. The van der Waals surface area contributed by atoms with Crippen molar-refractivity contribution in [2.45, 2.75) is 38.6 Å². The van der Waals surface area contributed by atoms with Crippen LogP contribution in [0.3, 0.4) is 0 Å². The van der Waals surface area contributed by atoms with Gasteiger partial charge in [0, 0.05) is 23.3 Å². The van der Waals surface area contributed by atoms with Crippen LogP contribution in [0.25, 0.3) is 11.4 Å². The molecule has 5 heteroatoms. The second-order valence-electron chi connectivity index (χ2n) is 7.36. The van der Waals surface area contributed by atoms with Crippen molar-refractivity contribution in [3.8, 4) is 11.4 Å². The van der Waals surface area contributed by atoms with Crippen molar-refractivity contribution in [2.75, 3.05) is 5.32 Å². The Morgan fingerprint density at radius 2 is 1.86 bits per heavy atom. The zero-order valence-corrected chi connectivity index (χ0v) is 15.9. The minimum Gasteiger partial charge on any atom is -0.328 e. The summed E-state index contributed by atoms with van der Waals surface area (Å²) in [6, 6.07) is 18.2. The number of fused-ring (bicyclic) bond motifs is 1. The summed E-state index contributed by atoms with van der Waals surface area (Å²) in [5.41, 5.74) is 5.17. The molecule has 0 radical (unpaired) electrons. The van der Waals surface area contributed by atoms with Gasteiger partial charge in [0.1, 0.15) is 6.04 Å². The number of rotatable bonds is 3. The Kier molecular flexibility index (Phi) is 4.08. The van der Waals surface area contributed by atoms with Crippen LogP contribution in [0, 0.1) is 0 Å². The summed E-state index contributed by atoms with van der Waals surface area (Å²) >= 11 is 0. The highest BCUT2D eigenvalue weighted by atomic mass is 16.1. The summed E-state index contributed by atoms with van der Waals surface area (Å²) in [5.74, 6) is 1.59. The molecule has 2 aliphatic rings. The number of aryl methyl sites for hydroxylation is 1. The van der Waals surface area contributed by atoms with Gasteiger partial charge in [-0.1, -0.05) is 61.5 Å². The smallest absolute Gasteiger partial charge is 0.226 e. The molecule has 1 atom stereocenters. The van der Waals surface area contributed by atoms with Gasteiger partial charge in [-0.3, -0.25) is 4.79 Å². The van der Waals surface area contributed by atoms with Gasteiger partial charge in [-0.25, -0.2) is 4.68 Å². The van der Waals surface area contributed by atoms with Gasteiger partial charge in [0.15, 0.2) is 11.6 Å². The maximum atomic E-state index is 12.9. The van der Waals surface area contributed by atoms with Crippen LogP contribution in [0.5, 0.6) is 0 Å². The van der Waals surface area contributed by atoms with Crippen LogP contribution in [-0.4, -0.2) is 20.5 Å². The summed E-state index contributed by atoms with van der Waals surface area (Å²) < 4.78 is 1.88. The lowest BCUT2D eigenvalue weighted by Crippen LogP contribution is -2.31. The van der Waals surface area contributed by atoms with Crippen LogP contribution in [0.4, 0.5) is 5.95 Å². The number of aromatic nitrogens is 3. The predicted molar refractivity (Wildman–Crippen MR) is 109 cm³/mol. The van der Waals surface area contributed by atoms with Crippen molar-refractivity contribution in [1.82, 2.24) is 14.8 Å². The Morgan fingerprint density at radius 1 is 1.07 bits per heavy atom. The van der Waals surface area contributed by atoms with Crippen molar-refractivity contribution in [2.24, 2.45) is 0 Å². The van der Waals surface area contributed by atoms with Crippen LogP contribution in [-0.2, 0) is 11.2 Å². The largest absolute Gasteiger partial charge is 0.328 e. The van der Waals surface area contributed by atoms with Gasteiger partial charge in [-0.2, -0.15) is 4.98 Å². The number of benzene rings is 2. The number of nitrogens with zero attached hydrogens (tertiary/aromatic N) is 3. The predicted octanol–water partition coefficient (Wildman–Crippen LogP) is 4.53. The first kappa shape index (κ1) is 16.9. The summed E-state index contributed by atoms with van der Waals surface area (Å²) in [4.78, 5) is 17.6. The number of carbonyl (C=O) groups excluding carboxylic acids is 1. The topological polar surface area (TPSA) is 59.8 Å². The molecule has 0 spiro atoms. The molecule has 5 rings (SSSR count). The fourth-order valence-electron chi connectivity index (χ4n) is 4.11. The van der Waals surface area contributed by atoms with Gasteiger partial charge < -0.3 is 5.32 Å². The van der Waals surface area contributed by atoms with E-state index >= 15 is 0 Å². The van der Waals surface area contributed by atoms with E-state index in [9.17, 15) is 4.79 Å². The molecule has 28 heavy (non-hydrogen) atoms. The molecule has 1 aliphatic carbocycles. The molecule has 0 saturated carbocycles. The summed E-state index contributed by atoms with van der Waals surface area (Å²) in [6.07, 6.45) is 3.34. The van der Waals surface area contributed by atoms with Gasteiger partial charge in [0.25, 0.3) is 0 Å². The highest BCUT2D eigenvalue weighted by Crippen LogP contribution is 2.40. The third-order valence-corrected chi connectivity index (χ3v) is 5.60. The molecular formula is C23H22N4O. The average molecular weight is 370 g/mol. The Morgan fingerprint density at radius 3 is 2.61 bits per heavy atom. The summed E-state index contributed by atoms with van der Waals surface area (Å²) in [7, 11) is 0. The fourth-order valence-corrected chi connectivity index (χ4v) is 4.11. The molecule has 1 aliphatic heterocycles. The second-order valence-corrected chi connectivity index (χ2v) is 7.36. The molecule has 0 fully saturated rings. The zero-order valence-electron chi connectivity index (χ0n) is 15.9. The standard InChI is InChI=1S/C23H22N4O/c1-2-15-11-13-16(14-12-15)21-20-18(9-6-10-19(20)28)24-23-25-22(26-27(21)23)17-7-4-3-5-8-17/h3-5,7-8,11-14,21H,2,6,9-10H2,1H3,(H,24,25,26). The number of nitrogens with one attached hydrogen (secondary N) is 1. The maximum absolute atomic E-state index is 12.9. The normalized spacial score (nSPS) is 18.5. The van der Waals surface area contributed by atoms with Crippen LogP contribution in [0.15, 0.2) is 65.9 Å². The molecule has 0 amide bonds. The van der Waals surface area contributed by atoms with Crippen molar-refractivity contribution in [1.29, 1.82) is 0 Å². The molecule has 0 saturated heterocycles. The van der Waals surface area contributed by atoms with Crippen molar-refractivity contribution < 1.29 is 4.79 Å². The zero-order chi connectivity index (χ0) is 19.1. The van der Waals surface area contributed by atoms with Crippen molar-refractivity contribution >= 4 is 11.7 Å². The second kappa shape index (κ2) is 6.75. The first-order chi connectivity index (χ1) is 13.7. The van der Waals surface area contributed by atoms with Crippen molar-refractivity contribution in [3.63, 3.8) is 0 Å². The van der Waals surface area contributed by atoms with Crippen molar-refractivity contribution in [3.05, 3.63) is 77.0 Å². The molecule has 0 bridgehead atoms. The Labute approximate surface area is 164 Å². The van der Waals surface area contributed by atoms with E-state index in [2.05, 4.69) is 36.5 Å². The number of hydrogen-bond donors (Lipinski definition) is 1. The number of allylic oxidation sites excluding steroid dienone is 2. The van der Waals surface area contributed by atoms with Gasteiger partial charge in [-0.15, -0.1) is 5.10 Å². The molecule has 1 unspecified atom stereocenters. The molecule has 3 aromatic rings. The van der Waals surface area contributed by atoms with E-state index in [1.165, 1.54) is 5.56 Å². The van der Waals surface area contributed by atoms with Gasteiger partial charge in [0.05, 0.1) is 0 Å². The molecule has 2 aromatic carbocycles. The van der Waals surface area contributed by atoms with E-state index in [4.69, 9.17) is 10.1 Å². The average Bonchev–Trinajstić information content (AvgIpc) is 3.17. The Hall–Kier alpha value is -3.21. The minimum absolute atomic E-state index is 0.209. The maximum Gasteiger partial charge on any atom is 0.226 e. The van der Waals surface area contributed by atoms with Crippen LogP contribution >= 0.6 is 0 Å². The number of ketones is 1. The Balaban J connectivity index is 1.66. The van der Waals surface area contributed by atoms with E-state index in [0.29, 0.717) is 18.2 Å². The van der Waals surface area contributed by atoms with E-state index in [1.54, 1.807) is 0 Å². The van der Waals surface area contributed by atoms with E-state index in [-0.39, 0.29) is 11.8 Å². The lowest BCUT2D eigenvalue weighted by molar-refractivity contribution is -0.116. The third-order valence-electron chi connectivity index (χ3n) is 5.60. The highest BCUT2D eigenvalue weighted by Gasteiger charge is 2.36. The number of carbonyl (C=O) groups is 1. The Bertz CT molecular complexity index is 1060. The summed E-state index contributed by atoms with van der Waals surface area (Å²) in [6.45, 7) is 2.15. The highest BCUT2D eigenvalue weighted by molar-refractivity contribution is 5.99. The van der Waals surface area contributed by atoms with E-state index < -0.39 is 0 Å². The van der Waals surface area contributed by atoms with Crippen LogP contribution in [0.1, 0.15) is 43.4 Å². The number of hydrogen-bond acceptors (Lipinski definition) is 4. The molecule has 5 nitrogen and oxygen atoms in total. The monoisotopic (exact) mass is 370 g/mol. The first-order valence-corrected chi connectivity index (χ1v) is 9.88. The molecular weight excluding hydrogens is 348 g/mol. The molecule has 2 heterocycles.